The first-order valence-electron chi connectivity index (χ1n) is 10.4. The number of hydrogen-bond donors (Lipinski definition) is 3. The molecule has 2 rings (SSSR count). The van der Waals surface area contributed by atoms with Crippen molar-refractivity contribution in [2.24, 2.45) is 0 Å². The number of hydrogen-bond acceptors (Lipinski definition) is 6. The minimum atomic E-state index is -0.264. The van der Waals surface area contributed by atoms with Gasteiger partial charge in [-0.25, -0.2) is 0 Å². The van der Waals surface area contributed by atoms with Crippen LogP contribution >= 0.6 is 15.9 Å². The fourth-order valence-electron chi connectivity index (χ4n) is 3.21. The van der Waals surface area contributed by atoms with Gasteiger partial charge in [0.05, 0.1) is 19.6 Å². The van der Waals surface area contributed by atoms with E-state index in [0.29, 0.717) is 32.8 Å². The van der Waals surface area contributed by atoms with Crippen molar-refractivity contribution in [2.75, 3.05) is 71.4 Å². The van der Waals surface area contributed by atoms with E-state index in [4.69, 9.17) is 4.74 Å². The van der Waals surface area contributed by atoms with Crippen molar-refractivity contribution in [3.63, 3.8) is 0 Å². The number of anilines is 1. The minimum Gasteiger partial charge on any atom is -0.385 e. The molecule has 1 heterocycles. The van der Waals surface area contributed by atoms with E-state index in [1.165, 1.54) is 0 Å². The number of carbonyl (C=O) groups excluding carboxylic acids is 3. The first kappa shape index (κ1) is 25.3. The second kappa shape index (κ2) is 13.4. The molecule has 10 heteroatoms. The summed E-state index contributed by atoms with van der Waals surface area (Å²) in [5.41, 5.74) is 1.66. The van der Waals surface area contributed by atoms with Gasteiger partial charge >= 0.3 is 0 Å². The highest BCUT2D eigenvalue weighted by Crippen LogP contribution is 2.19. The fourth-order valence-corrected chi connectivity index (χ4v) is 3.68. The van der Waals surface area contributed by atoms with Gasteiger partial charge in [0.1, 0.15) is 0 Å². The topological polar surface area (TPSA) is 103 Å². The molecular weight excluding hydrogens is 466 g/mol. The van der Waals surface area contributed by atoms with Crippen molar-refractivity contribution in [3.05, 3.63) is 28.2 Å². The van der Waals surface area contributed by atoms with Gasteiger partial charge in [0, 0.05) is 56.6 Å². The molecule has 3 N–H and O–H groups in total. The number of piperazine rings is 1. The molecule has 0 atom stereocenters. The minimum absolute atomic E-state index is 0.00863. The Morgan fingerprint density at radius 2 is 1.61 bits per heavy atom. The SMILES string of the molecule is COCCCNC(=O)CN1CCN(CC(=O)NCC(=O)Nc2ccc(Br)cc2C)CC1. The largest absolute Gasteiger partial charge is 0.385 e. The number of nitrogens with zero attached hydrogens (tertiary/aromatic N) is 2. The second-order valence-electron chi connectivity index (χ2n) is 7.53. The predicted molar refractivity (Wildman–Crippen MR) is 123 cm³/mol. The molecule has 31 heavy (non-hydrogen) atoms. The third-order valence-electron chi connectivity index (χ3n) is 4.96. The van der Waals surface area contributed by atoms with Crippen LogP contribution in [0.3, 0.4) is 0 Å². The van der Waals surface area contributed by atoms with Crippen molar-refractivity contribution in [3.8, 4) is 0 Å². The van der Waals surface area contributed by atoms with Crippen molar-refractivity contribution in [1.29, 1.82) is 0 Å². The molecule has 1 aromatic rings. The highest BCUT2D eigenvalue weighted by molar-refractivity contribution is 9.10. The molecule has 1 fully saturated rings. The van der Waals surface area contributed by atoms with Crippen LogP contribution in [0.15, 0.2) is 22.7 Å². The van der Waals surface area contributed by atoms with Gasteiger partial charge in [0.25, 0.3) is 0 Å². The number of nitrogens with one attached hydrogen (secondary N) is 3. The zero-order valence-corrected chi connectivity index (χ0v) is 19.8. The Morgan fingerprint density at radius 1 is 1.00 bits per heavy atom. The lowest BCUT2D eigenvalue weighted by Crippen LogP contribution is -2.52. The molecule has 0 unspecified atom stereocenters. The van der Waals surface area contributed by atoms with Crippen molar-refractivity contribution in [1.82, 2.24) is 20.4 Å². The van der Waals surface area contributed by atoms with Gasteiger partial charge in [0.2, 0.25) is 17.7 Å². The zero-order valence-electron chi connectivity index (χ0n) is 18.2. The third-order valence-corrected chi connectivity index (χ3v) is 5.45. The number of carbonyl (C=O) groups is 3. The fraction of sp³-hybridized carbons (Fsp3) is 0.571. The van der Waals surface area contributed by atoms with Crippen LogP contribution in [-0.2, 0) is 19.1 Å². The van der Waals surface area contributed by atoms with Crippen LogP contribution in [0.2, 0.25) is 0 Å². The molecule has 172 valence electrons. The molecule has 9 nitrogen and oxygen atoms in total. The van der Waals surface area contributed by atoms with Gasteiger partial charge in [-0.2, -0.15) is 0 Å². The first-order valence-corrected chi connectivity index (χ1v) is 11.2. The highest BCUT2D eigenvalue weighted by Gasteiger charge is 2.20. The van der Waals surface area contributed by atoms with E-state index >= 15 is 0 Å². The average molecular weight is 498 g/mol. The van der Waals surface area contributed by atoms with Crippen LogP contribution < -0.4 is 16.0 Å². The van der Waals surface area contributed by atoms with Gasteiger partial charge in [0.15, 0.2) is 0 Å². The number of rotatable bonds is 11. The average Bonchev–Trinajstić information content (AvgIpc) is 2.73. The number of aryl methyl sites for hydroxylation is 1. The van der Waals surface area contributed by atoms with Crippen LogP contribution in [0.1, 0.15) is 12.0 Å². The summed E-state index contributed by atoms with van der Waals surface area (Å²) in [6.45, 7) is 6.54. The molecule has 0 saturated carbocycles. The zero-order chi connectivity index (χ0) is 22.6. The Labute approximate surface area is 192 Å². The van der Waals surface area contributed by atoms with Gasteiger partial charge in [-0.05, 0) is 37.1 Å². The summed E-state index contributed by atoms with van der Waals surface area (Å²) in [6, 6.07) is 5.59. The van der Waals surface area contributed by atoms with E-state index < -0.39 is 0 Å². The van der Waals surface area contributed by atoms with Gasteiger partial charge in [-0.15, -0.1) is 0 Å². The molecule has 1 aromatic carbocycles. The maximum atomic E-state index is 12.2. The molecule has 0 bridgehead atoms. The molecule has 0 aromatic heterocycles. The van der Waals surface area contributed by atoms with Crippen LogP contribution in [0.25, 0.3) is 0 Å². The smallest absolute Gasteiger partial charge is 0.243 e. The monoisotopic (exact) mass is 497 g/mol. The molecule has 3 amide bonds. The van der Waals surface area contributed by atoms with E-state index in [0.717, 1.165) is 35.2 Å². The molecule has 0 spiro atoms. The van der Waals surface area contributed by atoms with Gasteiger partial charge in [-0.3, -0.25) is 24.2 Å². The molecule has 1 aliphatic rings. The first-order chi connectivity index (χ1) is 14.9. The predicted octanol–water partition coefficient (Wildman–Crippen LogP) is 0.583. The number of halogens is 1. The van der Waals surface area contributed by atoms with Crippen LogP contribution in [0, 0.1) is 6.92 Å². The van der Waals surface area contributed by atoms with Gasteiger partial charge < -0.3 is 20.7 Å². The van der Waals surface area contributed by atoms with Crippen LogP contribution in [-0.4, -0.2) is 93.6 Å². The van der Waals surface area contributed by atoms with Gasteiger partial charge in [-0.1, -0.05) is 15.9 Å². The third kappa shape index (κ3) is 9.77. The number of benzene rings is 1. The van der Waals surface area contributed by atoms with E-state index in [9.17, 15) is 14.4 Å². The summed E-state index contributed by atoms with van der Waals surface area (Å²) in [5, 5.41) is 8.35. The summed E-state index contributed by atoms with van der Waals surface area (Å²) in [7, 11) is 1.64. The van der Waals surface area contributed by atoms with Crippen molar-refractivity contribution in [2.45, 2.75) is 13.3 Å². The quantitative estimate of drug-likeness (QED) is 0.386. The Bertz CT molecular complexity index is 753. The summed E-state index contributed by atoms with van der Waals surface area (Å²) < 4.78 is 5.90. The molecule has 0 aliphatic carbocycles. The van der Waals surface area contributed by atoms with E-state index in [-0.39, 0.29) is 30.8 Å². The summed E-state index contributed by atoms with van der Waals surface area (Å²) in [5.74, 6) is -0.443. The summed E-state index contributed by atoms with van der Waals surface area (Å²) in [4.78, 5) is 40.3. The van der Waals surface area contributed by atoms with Crippen molar-refractivity contribution >= 4 is 39.3 Å². The highest BCUT2D eigenvalue weighted by atomic mass is 79.9. The number of methoxy groups -OCH3 is 1. The number of amides is 3. The standard InChI is InChI=1S/C21H32BrN5O4/c1-16-12-17(22)4-5-18(16)25-19(28)13-24-21(30)15-27-9-7-26(8-10-27)14-20(29)23-6-3-11-31-2/h4-5,12H,3,6-11,13-15H2,1-2H3,(H,23,29)(H,24,30)(H,25,28). The maximum Gasteiger partial charge on any atom is 0.243 e. The lowest BCUT2D eigenvalue weighted by atomic mass is 10.2. The Morgan fingerprint density at radius 3 is 2.19 bits per heavy atom. The summed E-state index contributed by atoms with van der Waals surface area (Å²) >= 11 is 3.39. The molecule has 1 saturated heterocycles. The number of ether oxygens (including phenoxy) is 1. The Balaban J connectivity index is 1.61. The molecule has 0 radical (unpaired) electrons. The Kier molecular flexibility index (Phi) is 10.9. The molecule has 1 aliphatic heterocycles. The molecular formula is C21H32BrN5O4. The van der Waals surface area contributed by atoms with E-state index in [2.05, 4.69) is 36.8 Å². The van der Waals surface area contributed by atoms with Crippen molar-refractivity contribution < 1.29 is 19.1 Å². The second-order valence-corrected chi connectivity index (χ2v) is 8.45. The maximum absolute atomic E-state index is 12.2. The lowest BCUT2D eigenvalue weighted by molar-refractivity contribution is -0.126. The van der Waals surface area contributed by atoms with E-state index in [1.807, 2.05) is 30.0 Å². The lowest BCUT2D eigenvalue weighted by Gasteiger charge is -2.33. The Hall–Kier alpha value is -2.01. The van der Waals surface area contributed by atoms with E-state index in [1.54, 1.807) is 7.11 Å². The normalized spacial score (nSPS) is 14.8. The van der Waals surface area contributed by atoms with Crippen LogP contribution in [0.4, 0.5) is 5.69 Å². The summed E-state index contributed by atoms with van der Waals surface area (Å²) in [6.07, 6.45) is 0.798. The van der Waals surface area contributed by atoms with Crippen LogP contribution in [0.5, 0.6) is 0 Å².